The fourth-order valence-corrected chi connectivity index (χ4v) is 2.28. The Balaban J connectivity index is 3.49. The van der Waals surface area contributed by atoms with Gasteiger partial charge in [0.15, 0.2) is 0 Å². The number of methoxy groups -OCH3 is 1. The molecule has 0 bridgehead atoms. The van der Waals surface area contributed by atoms with Crippen LogP contribution in [0.2, 0.25) is 0 Å². The highest BCUT2D eigenvalue weighted by atomic mass is 127. The third kappa shape index (κ3) is 2.37. The van der Waals surface area contributed by atoms with Crippen molar-refractivity contribution in [2.45, 2.75) is 0 Å². The molecule has 1 rings (SSSR count). The summed E-state index contributed by atoms with van der Waals surface area (Å²) >= 11 is 7.02. The van der Waals surface area contributed by atoms with Gasteiger partial charge in [0.2, 0.25) is 0 Å². The van der Waals surface area contributed by atoms with E-state index in [1.54, 1.807) is 22.6 Å². The van der Waals surface area contributed by atoms with E-state index in [9.17, 15) is 14.9 Å². The van der Waals surface area contributed by atoms with Crippen molar-refractivity contribution in [3.63, 3.8) is 0 Å². The number of benzene rings is 1. The summed E-state index contributed by atoms with van der Waals surface area (Å²) in [7, 11) is 1.36. The molecule has 15 heavy (non-hydrogen) atoms. The Kier molecular flexibility index (Phi) is 3.86. The summed E-state index contributed by atoms with van der Waals surface area (Å²) in [6, 6.07) is 2.61. The van der Waals surface area contributed by atoms with Gasteiger partial charge in [-0.05, 0) is 40.3 Å². The number of rotatable bonds is 3. The van der Waals surface area contributed by atoms with Crippen LogP contribution in [0.3, 0.4) is 0 Å². The molecule has 1 aromatic rings. The lowest BCUT2D eigenvalue weighted by Crippen LogP contribution is -2.02. The smallest absolute Gasteiger partial charge is 0.283 e. The highest BCUT2D eigenvalue weighted by Crippen LogP contribution is 2.32. The molecule has 0 saturated carbocycles. The van der Waals surface area contributed by atoms with Crippen LogP contribution in [0.25, 0.3) is 0 Å². The number of carbonyl (C=O) groups excluding carboxylic acids is 1. The van der Waals surface area contributed by atoms with Gasteiger partial charge in [-0.3, -0.25) is 14.9 Å². The average molecular weight is 341 g/mol. The minimum absolute atomic E-state index is 0.0222. The van der Waals surface area contributed by atoms with Crippen LogP contribution >= 0.6 is 34.2 Å². The Bertz CT molecular complexity index is 435. The first-order valence-electron chi connectivity index (χ1n) is 3.69. The van der Waals surface area contributed by atoms with Crippen molar-refractivity contribution in [1.29, 1.82) is 0 Å². The normalized spacial score (nSPS) is 9.80. The number of nitro benzene ring substituents is 1. The van der Waals surface area contributed by atoms with E-state index in [1.807, 2.05) is 0 Å². The predicted molar refractivity (Wildman–Crippen MR) is 62.5 cm³/mol. The van der Waals surface area contributed by atoms with E-state index in [0.29, 0.717) is 0 Å². The molecule has 1 aromatic carbocycles. The van der Waals surface area contributed by atoms with Crippen LogP contribution in [0, 0.1) is 13.7 Å². The first-order valence-corrected chi connectivity index (χ1v) is 5.15. The average Bonchev–Trinajstić information content (AvgIpc) is 2.15. The molecule has 0 aliphatic heterocycles. The van der Waals surface area contributed by atoms with Crippen molar-refractivity contribution in [3.8, 4) is 5.75 Å². The van der Waals surface area contributed by atoms with Crippen LogP contribution in [-0.2, 0) is 0 Å². The summed E-state index contributed by atoms with van der Waals surface area (Å²) in [5.41, 5.74) is -0.144. The van der Waals surface area contributed by atoms with Crippen molar-refractivity contribution in [2.24, 2.45) is 0 Å². The first-order chi connectivity index (χ1) is 6.99. The number of carbonyl (C=O) groups is 1. The summed E-state index contributed by atoms with van der Waals surface area (Å²) in [6.07, 6.45) is 0. The molecular formula is C8H5ClINO4. The van der Waals surface area contributed by atoms with E-state index < -0.39 is 10.2 Å². The second kappa shape index (κ2) is 4.75. The molecule has 0 heterocycles. The Morgan fingerprint density at radius 2 is 2.20 bits per heavy atom. The standard InChI is InChI=1S/C8H5ClINO4/c1-15-5-3-2-4(11(13)14)7(10)6(5)8(9)12/h2-3H,1H3. The van der Waals surface area contributed by atoms with Gasteiger partial charge >= 0.3 is 0 Å². The lowest BCUT2D eigenvalue weighted by molar-refractivity contribution is -0.385. The molecule has 0 amide bonds. The maximum atomic E-state index is 11.1. The van der Waals surface area contributed by atoms with Gasteiger partial charge in [0, 0.05) is 6.07 Å². The number of nitro groups is 1. The van der Waals surface area contributed by atoms with E-state index in [2.05, 4.69) is 0 Å². The van der Waals surface area contributed by atoms with Crippen molar-refractivity contribution >= 4 is 45.1 Å². The third-order valence-corrected chi connectivity index (χ3v) is 2.98. The van der Waals surface area contributed by atoms with Gasteiger partial charge in [0.25, 0.3) is 10.9 Å². The second-order valence-corrected chi connectivity index (χ2v) is 3.93. The summed E-state index contributed by atoms with van der Waals surface area (Å²) in [5, 5.41) is 9.82. The summed E-state index contributed by atoms with van der Waals surface area (Å²) in [6.45, 7) is 0. The number of hydrogen-bond donors (Lipinski definition) is 0. The summed E-state index contributed by atoms with van der Waals surface area (Å²) in [5.74, 6) is 0.227. The minimum atomic E-state index is -0.778. The molecule has 0 fully saturated rings. The quantitative estimate of drug-likeness (QED) is 0.367. The van der Waals surface area contributed by atoms with E-state index in [0.717, 1.165) is 0 Å². The zero-order valence-corrected chi connectivity index (χ0v) is 10.4. The van der Waals surface area contributed by atoms with Crippen LogP contribution in [0.4, 0.5) is 5.69 Å². The SMILES string of the molecule is COc1ccc([N+](=O)[O-])c(I)c1C(=O)Cl. The van der Waals surface area contributed by atoms with Crippen molar-refractivity contribution in [1.82, 2.24) is 0 Å². The molecule has 0 aliphatic carbocycles. The lowest BCUT2D eigenvalue weighted by atomic mass is 10.2. The Morgan fingerprint density at radius 1 is 1.60 bits per heavy atom. The predicted octanol–water partition coefficient (Wildman–Crippen LogP) is 2.59. The lowest BCUT2D eigenvalue weighted by Gasteiger charge is -2.06. The maximum absolute atomic E-state index is 11.1. The van der Waals surface area contributed by atoms with Gasteiger partial charge in [-0.1, -0.05) is 0 Å². The van der Waals surface area contributed by atoms with E-state index >= 15 is 0 Å². The Hall–Kier alpha value is -0.890. The van der Waals surface area contributed by atoms with Crippen LogP contribution < -0.4 is 4.74 Å². The molecule has 0 saturated heterocycles. The molecule has 0 radical (unpaired) electrons. The van der Waals surface area contributed by atoms with Crippen molar-refractivity contribution < 1.29 is 14.5 Å². The van der Waals surface area contributed by atoms with Crippen molar-refractivity contribution in [2.75, 3.05) is 7.11 Å². The fraction of sp³-hybridized carbons (Fsp3) is 0.125. The van der Waals surface area contributed by atoms with Gasteiger partial charge in [-0.2, -0.15) is 0 Å². The van der Waals surface area contributed by atoms with Gasteiger partial charge in [0.05, 0.1) is 17.6 Å². The molecule has 0 atom stereocenters. The third-order valence-electron chi connectivity index (χ3n) is 1.70. The number of hydrogen-bond acceptors (Lipinski definition) is 4. The van der Waals surface area contributed by atoms with Crippen LogP contribution in [0.5, 0.6) is 5.75 Å². The largest absolute Gasteiger partial charge is 0.496 e. The van der Waals surface area contributed by atoms with Crippen LogP contribution in [0.1, 0.15) is 10.4 Å². The van der Waals surface area contributed by atoms with E-state index in [1.165, 1.54) is 19.2 Å². The van der Waals surface area contributed by atoms with Crippen molar-refractivity contribution in [3.05, 3.63) is 31.4 Å². The summed E-state index contributed by atoms with van der Waals surface area (Å²) in [4.78, 5) is 21.1. The van der Waals surface area contributed by atoms with E-state index in [4.69, 9.17) is 16.3 Å². The van der Waals surface area contributed by atoms with Gasteiger partial charge in [-0.25, -0.2) is 0 Å². The molecule has 7 heteroatoms. The molecular weight excluding hydrogens is 336 g/mol. The highest BCUT2D eigenvalue weighted by molar-refractivity contribution is 14.1. The number of nitrogens with zero attached hydrogens (tertiary/aromatic N) is 1. The maximum Gasteiger partial charge on any atom is 0.283 e. The van der Waals surface area contributed by atoms with Gasteiger partial charge in [0.1, 0.15) is 9.32 Å². The molecule has 5 nitrogen and oxygen atoms in total. The van der Waals surface area contributed by atoms with Gasteiger partial charge < -0.3 is 4.74 Å². The fourth-order valence-electron chi connectivity index (χ4n) is 1.04. The minimum Gasteiger partial charge on any atom is -0.496 e. The Morgan fingerprint density at radius 3 is 2.60 bits per heavy atom. The zero-order chi connectivity index (χ0) is 11.6. The second-order valence-electron chi connectivity index (χ2n) is 2.51. The first kappa shape index (κ1) is 12.2. The van der Waals surface area contributed by atoms with Crippen LogP contribution in [-0.4, -0.2) is 17.3 Å². The Labute approximate surface area is 104 Å². The molecule has 0 unspecified atom stereocenters. The van der Waals surface area contributed by atoms with Gasteiger partial charge in [-0.15, -0.1) is 0 Å². The topological polar surface area (TPSA) is 69.4 Å². The molecule has 0 aromatic heterocycles. The zero-order valence-electron chi connectivity index (χ0n) is 7.49. The van der Waals surface area contributed by atoms with Crippen LogP contribution in [0.15, 0.2) is 12.1 Å². The number of ether oxygens (including phenoxy) is 1. The van der Waals surface area contributed by atoms with E-state index in [-0.39, 0.29) is 20.6 Å². The summed E-state index contributed by atoms with van der Waals surface area (Å²) < 4.78 is 5.07. The molecule has 80 valence electrons. The molecule has 0 N–H and O–H groups in total. The molecule has 0 aliphatic rings. The molecule has 0 spiro atoms. The highest BCUT2D eigenvalue weighted by Gasteiger charge is 2.22. The monoisotopic (exact) mass is 341 g/mol. The number of halogens is 2.